The zero-order valence-electron chi connectivity index (χ0n) is 14.3. The Morgan fingerprint density at radius 1 is 1.32 bits per heavy atom. The number of nitro groups is 1. The Hall–Kier alpha value is -3.90. The van der Waals surface area contributed by atoms with Gasteiger partial charge in [-0.05, 0) is 41.7 Å². The molecule has 1 aromatic carbocycles. The lowest BCUT2D eigenvalue weighted by Gasteiger charge is -2.10. The monoisotopic (exact) mass is 393 g/mol. The first-order valence-electron chi connectivity index (χ1n) is 7.76. The number of rotatable bonds is 7. The van der Waals surface area contributed by atoms with E-state index in [2.05, 4.69) is 25.2 Å². The molecule has 0 aliphatic heterocycles. The SMILES string of the molecule is Cc1cc(OC(F)F)ccc1NC(=O)c1ccn(Cn2cnc([N+](=O)[O-])n2)n1. The predicted octanol–water partition coefficient (Wildman–Crippen LogP) is 2.05. The fourth-order valence-electron chi connectivity index (χ4n) is 2.29. The Balaban J connectivity index is 1.66. The summed E-state index contributed by atoms with van der Waals surface area (Å²) in [6.07, 6.45) is 2.67. The van der Waals surface area contributed by atoms with E-state index in [0.717, 1.165) is 0 Å². The highest BCUT2D eigenvalue weighted by Crippen LogP contribution is 2.23. The molecule has 0 aliphatic carbocycles. The maximum absolute atomic E-state index is 12.3. The average Bonchev–Trinajstić information content (AvgIpc) is 3.27. The predicted molar refractivity (Wildman–Crippen MR) is 90.1 cm³/mol. The summed E-state index contributed by atoms with van der Waals surface area (Å²) in [5, 5.41) is 20.9. The number of carbonyl (C=O) groups excluding carboxylic acids is 1. The molecule has 0 bridgehead atoms. The van der Waals surface area contributed by atoms with Crippen molar-refractivity contribution in [3.05, 3.63) is 58.2 Å². The number of hydrogen-bond acceptors (Lipinski definition) is 7. The lowest BCUT2D eigenvalue weighted by atomic mass is 10.2. The first-order chi connectivity index (χ1) is 13.3. The van der Waals surface area contributed by atoms with Gasteiger partial charge in [-0.3, -0.25) is 4.79 Å². The molecule has 11 nitrogen and oxygen atoms in total. The summed E-state index contributed by atoms with van der Waals surface area (Å²) in [4.78, 5) is 25.7. The minimum atomic E-state index is -2.93. The van der Waals surface area contributed by atoms with E-state index in [1.165, 1.54) is 46.2 Å². The van der Waals surface area contributed by atoms with Crippen molar-refractivity contribution in [3.63, 3.8) is 0 Å². The molecule has 2 aromatic heterocycles. The van der Waals surface area contributed by atoms with Crippen LogP contribution < -0.4 is 10.1 Å². The van der Waals surface area contributed by atoms with Gasteiger partial charge in [-0.1, -0.05) is 4.98 Å². The minimum Gasteiger partial charge on any atom is -0.435 e. The van der Waals surface area contributed by atoms with Crippen LogP contribution in [0.25, 0.3) is 0 Å². The average molecular weight is 393 g/mol. The lowest BCUT2D eigenvalue weighted by Crippen LogP contribution is -2.15. The second kappa shape index (κ2) is 7.77. The first kappa shape index (κ1) is 18.9. The Kier molecular flexibility index (Phi) is 5.24. The first-order valence-corrected chi connectivity index (χ1v) is 7.76. The second-order valence-corrected chi connectivity index (χ2v) is 5.53. The van der Waals surface area contributed by atoms with Gasteiger partial charge in [0.15, 0.2) is 12.4 Å². The number of hydrogen-bond donors (Lipinski definition) is 1. The van der Waals surface area contributed by atoms with Gasteiger partial charge < -0.3 is 20.2 Å². The summed E-state index contributed by atoms with van der Waals surface area (Å²) < 4.78 is 31.3. The van der Waals surface area contributed by atoms with E-state index < -0.39 is 23.4 Å². The molecule has 1 amide bonds. The van der Waals surface area contributed by atoms with Crippen LogP contribution in [-0.2, 0) is 6.67 Å². The molecule has 0 radical (unpaired) electrons. The molecule has 28 heavy (non-hydrogen) atoms. The van der Waals surface area contributed by atoms with Crippen LogP contribution in [0.4, 0.5) is 20.4 Å². The maximum atomic E-state index is 12.3. The van der Waals surface area contributed by atoms with Crippen LogP contribution in [0, 0.1) is 17.0 Å². The molecular weight excluding hydrogens is 380 g/mol. The van der Waals surface area contributed by atoms with E-state index in [0.29, 0.717) is 11.3 Å². The molecule has 2 heterocycles. The minimum absolute atomic E-state index is 0.0169. The summed E-state index contributed by atoms with van der Waals surface area (Å²) in [5.74, 6) is -1.08. The largest absolute Gasteiger partial charge is 0.491 e. The van der Waals surface area contributed by atoms with E-state index in [1.54, 1.807) is 6.92 Å². The van der Waals surface area contributed by atoms with Gasteiger partial charge in [0.1, 0.15) is 5.75 Å². The highest BCUT2D eigenvalue weighted by molar-refractivity contribution is 6.03. The number of benzene rings is 1. The Morgan fingerprint density at radius 3 is 2.75 bits per heavy atom. The molecular formula is C15H13F2N7O4. The van der Waals surface area contributed by atoms with E-state index in [4.69, 9.17) is 0 Å². The van der Waals surface area contributed by atoms with E-state index in [-0.39, 0.29) is 18.1 Å². The summed E-state index contributed by atoms with van der Waals surface area (Å²) in [6, 6.07) is 5.57. The highest BCUT2D eigenvalue weighted by atomic mass is 19.3. The summed E-state index contributed by atoms with van der Waals surface area (Å²) in [6.45, 7) is -1.29. The van der Waals surface area contributed by atoms with Gasteiger partial charge in [0.2, 0.25) is 6.33 Å². The van der Waals surface area contributed by atoms with Crippen LogP contribution in [0.15, 0.2) is 36.8 Å². The van der Waals surface area contributed by atoms with Gasteiger partial charge in [0.05, 0.1) is 0 Å². The van der Waals surface area contributed by atoms with E-state index in [1.807, 2.05) is 0 Å². The van der Waals surface area contributed by atoms with Gasteiger partial charge in [0, 0.05) is 17.0 Å². The molecule has 0 saturated heterocycles. The smallest absolute Gasteiger partial charge is 0.435 e. The number of ether oxygens (including phenoxy) is 1. The van der Waals surface area contributed by atoms with Crippen LogP contribution in [0.5, 0.6) is 5.75 Å². The highest BCUT2D eigenvalue weighted by Gasteiger charge is 2.15. The van der Waals surface area contributed by atoms with Gasteiger partial charge in [-0.25, -0.2) is 4.68 Å². The zero-order valence-corrected chi connectivity index (χ0v) is 14.3. The molecule has 1 N–H and O–H groups in total. The topological polar surface area (TPSA) is 130 Å². The van der Waals surface area contributed by atoms with Gasteiger partial charge in [-0.2, -0.15) is 18.6 Å². The van der Waals surface area contributed by atoms with Crippen LogP contribution in [-0.4, -0.2) is 42.0 Å². The zero-order chi connectivity index (χ0) is 20.3. The van der Waals surface area contributed by atoms with Gasteiger partial charge >= 0.3 is 12.6 Å². The normalized spacial score (nSPS) is 10.9. The van der Waals surface area contributed by atoms with Crippen LogP contribution in [0.1, 0.15) is 16.1 Å². The maximum Gasteiger partial charge on any atom is 0.491 e. The number of carbonyl (C=O) groups is 1. The number of anilines is 1. The fraction of sp³-hybridized carbons (Fsp3) is 0.200. The number of amides is 1. The summed E-state index contributed by atoms with van der Waals surface area (Å²) in [5.41, 5.74) is 1.02. The lowest BCUT2D eigenvalue weighted by molar-refractivity contribution is -0.394. The Bertz CT molecular complexity index is 1020. The third kappa shape index (κ3) is 4.44. The van der Waals surface area contributed by atoms with Crippen molar-refractivity contribution < 1.29 is 23.2 Å². The molecule has 3 aromatic rings. The Morgan fingerprint density at radius 2 is 2.11 bits per heavy atom. The number of nitrogens with zero attached hydrogens (tertiary/aromatic N) is 6. The van der Waals surface area contributed by atoms with Crippen molar-refractivity contribution in [2.24, 2.45) is 0 Å². The van der Waals surface area contributed by atoms with E-state index >= 15 is 0 Å². The summed E-state index contributed by atoms with van der Waals surface area (Å²) in [7, 11) is 0. The molecule has 3 rings (SSSR count). The van der Waals surface area contributed by atoms with Crippen LogP contribution in [0.3, 0.4) is 0 Å². The van der Waals surface area contributed by atoms with Crippen molar-refractivity contribution in [1.82, 2.24) is 24.5 Å². The molecule has 146 valence electrons. The van der Waals surface area contributed by atoms with Crippen LogP contribution in [0.2, 0.25) is 0 Å². The summed E-state index contributed by atoms with van der Waals surface area (Å²) >= 11 is 0. The van der Waals surface area contributed by atoms with Gasteiger partial charge in [-0.15, -0.1) is 0 Å². The third-order valence-electron chi connectivity index (χ3n) is 3.52. The number of aryl methyl sites for hydroxylation is 1. The molecule has 0 atom stereocenters. The van der Waals surface area contributed by atoms with Crippen molar-refractivity contribution in [2.75, 3.05) is 5.32 Å². The molecule has 13 heteroatoms. The van der Waals surface area contributed by atoms with Crippen molar-refractivity contribution >= 4 is 17.5 Å². The molecule has 0 aliphatic rings. The van der Waals surface area contributed by atoms with Crippen molar-refractivity contribution in [3.8, 4) is 5.75 Å². The molecule has 0 fully saturated rings. The molecule has 0 saturated carbocycles. The molecule has 0 unspecified atom stereocenters. The van der Waals surface area contributed by atoms with Crippen LogP contribution >= 0.6 is 0 Å². The number of alkyl halides is 2. The van der Waals surface area contributed by atoms with Gasteiger partial charge in [0.25, 0.3) is 5.91 Å². The Labute approximate surface area is 155 Å². The standard InChI is InChI=1S/C15H13F2N7O4/c1-9-6-10(28-14(16)17)2-3-11(9)19-13(25)12-4-5-22(20-12)8-23-7-18-15(21-23)24(26)27/h2-7,14H,8H2,1H3,(H,19,25). The number of aromatic nitrogens is 5. The third-order valence-corrected chi connectivity index (χ3v) is 3.52. The molecule has 0 spiro atoms. The number of nitrogens with one attached hydrogen (secondary N) is 1. The number of halogens is 2. The quantitative estimate of drug-likeness (QED) is 0.480. The van der Waals surface area contributed by atoms with Crippen molar-refractivity contribution in [1.29, 1.82) is 0 Å². The van der Waals surface area contributed by atoms with Crippen molar-refractivity contribution in [2.45, 2.75) is 20.2 Å². The second-order valence-electron chi connectivity index (χ2n) is 5.53. The fourth-order valence-corrected chi connectivity index (χ4v) is 2.29. The van der Waals surface area contributed by atoms with E-state index in [9.17, 15) is 23.7 Å².